The molecule has 3 nitrogen and oxygen atoms in total. The van der Waals surface area contributed by atoms with E-state index in [4.69, 9.17) is 14.3 Å². The highest BCUT2D eigenvalue weighted by Gasteiger charge is 2.17. The van der Waals surface area contributed by atoms with Gasteiger partial charge in [0, 0.05) is 11.5 Å². The van der Waals surface area contributed by atoms with E-state index in [-0.39, 0.29) is 12.0 Å². The van der Waals surface area contributed by atoms with Gasteiger partial charge in [-0.15, -0.1) is 0 Å². The Morgan fingerprint density at radius 3 is 2.83 bits per heavy atom. The molecule has 1 N–H and O–H groups in total. The molecule has 12 heavy (non-hydrogen) atoms. The fourth-order valence-electron chi connectivity index (χ4n) is 0.658. The molecule has 0 atom stereocenters. The number of rotatable bonds is 4. The molecule has 0 aliphatic heterocycles. The van der Waals surface area contributed by atoms with E-state index in [1.54, 1.807) is 18.4 Å². The van der Waals surface area contributed by atoms with Gasteiger partial charge in [0.2, 0.25) is 0 Å². The Morgan fingerprint density at radius 1 is 1.58 bits per heavy atom. The van der Waals surface area contributed by atoms with Crippen molar-refractivity contribution in [3.63, 3.8) is 0 Å². The zero-order chi connectivity index (χ0) is 9.03. The number of aliphatic hydroxyl groups excluding tert-OH is 1. The van der Waals surface area contributed by atoms with Gasteiger partial charge in [0.15, 0.2) is 0 Å². The number of furan rings is 1. The van der Waals surface area contributed by atoms with E-state index in [1.807, 2.05) is 13.8 Å². The highest BCUT2D eigenvalue weighted by atomic mass is 16.6. The summed E-state index contributed by atoms with van der Waals surface area (Å²) in [5, 5.41) is 8.91. The van der Waals surface area contributed by atoms with Crippen molar-refractivity contribution < 1.29 is 14.3 Å². The topological polar surface area (TPSA) is 42.6 Å². The second-order valence-electron chi connectivity index (χ2n) is 3.54. The zero-order valence-corrected chi connectivity index (χ0v) is 7.41. The second-order valence-corrected chi connectivity index (χ2v) is 3.54. The molecule has 0 fully saturated rings. The number of ether oxygens (including phenoxy) is 1. The van der Waals surface area contributed by atoms with E-state index < -0.39 is 0 Å². The van der Waals surface area contributed by atoms with E-state index in [0.717, 1.165) is 0 Å². The summed E-state index contributed by atoms with van der Waals surface area (Å²) >= 11 is 0. The molecule has 0 aliphatic carbocycles. The van der Waals surface area contributed by atoms with Crippen molar-refractivity contribution in [3.8, 4) is 5.95 Å². The van der Waals surface area contributed by atoms with Crippen molar-refractivity contribution in [2.75, 3.05) is 13.2 Å². The normalized spacial score (nSPS) is 11.6. The fourth-order valence-corrected chi connectivity index (χ4v) is 0.658. The molecular formula is C9H14O3. The van der Waals surface area contributed by atoms with Crippen LogP contribution in [0.3, 0.4) is 0 Å². The largest absolute Gasteiger partial charge is 0.465 e. The van der Waals surface area contributed by atoms with E-state index in [1.165, 1.54) is 0 Å². The van der Waals surface area contributed by atoms with Crippen LogP contribution in [0.1, 0.15) is 13.8 Å². The Hall–Kier alpha value is -0.960. The van der Waals surface area contributed by atoms with Crippen LogP contribution in [0, 0.1) is 5.41 Å². The predicted molar refractivity (Wildman–Crippen MR) is 45.1 cm³/mol. The van der Waals surface area contributed by atoms with Crippen LogP contribution in [-0.4, -0.2) is 18.3 Å². The Labute approximate surface area is 72.0 Å². The molecule has 1 aromatic rings. The van der Waals surface area contributed by atoms with Crippen LogP contribution in [0.2, 0.25) is 0 Å². The summed E-state index contributed by atoms with van der Waals surface area (Å²) in [6.45, 7) is 4.41. The molecule has 1 aromatic heterocycles. The lowest BCUT2D eigenvalue weighted by molar-refractivity contribution is 0.0838. The lowest BCUT2D eigenvalue weighted by Crippen LogP contribution is -2.25. The standard InChI is InChI=1S/C9H14O3/c1-9(2,6-10)7-12-8-4-3-5-11-8/h3-5,10H,6-7H2,1-2H3. The third-order valence-electron chi connectivity index (χ3n) is 1.53. The average molecular weight is 170 g/mol. The van der Waals surface area contributed by atoms with Crippen LogP contribution in [0.25, 0.3) is 0 Å². The first-order valence-corrected chi connectivity index (χ1v) is 3.91. The summed E-state index contributed by atoms with van der Waals surface area (Å²) in [5.41, 5.74) is -0.215. The first-order valence-electron chi connectivity index (χ1n) is 3.91. The highest BCUT2D eigenvalue weighted by molar-refractivity contribution is 5.04. The van der Waals surface area contributed by atoms with Crippen LogP contribution >= 0.6 is 0 Å². The van der Waals surface area contributed by atoms with E-state index in [0.29, 0.717) is 12.6 Å². The van der Waals surface area contributed by atoms with Gasteiger partial charge in [-0.2, -0.15) is 0 Å². The lowest BCUT2D eigenvalue weighted by Gasteiger charge is -2.20. The summed E-state index contributed by atoms with van der Waals surface area (Å²) in [4.78, 5) is 0. The smallest absolute Gasteiger partial charge is 0.284 e. The Morgan fingerprint density at radius 2 is 2.33 bits per heavy atom. The van der Waals surface area contributed by atoms with Crippen LogP contribution in [-0.2, 0) is 0 Å². The van der Waals surface area contributed by atoms with E-state index in [2.05, 4.69) is 0 Å². The van der Waals surface area contributed by atoms with Gasteiger partial charge < -0.3 is 14.3 Å². The minimum absolute atomic E-state index is 0.105. The molecule has 1 heterocycles. The predicted octanol–water partition coefficient (Wildman–Crippen LogP) is 1.68. The maximum absolute atomic E-state index is 8.91. The molecule has 0 saturated heterocycles. The van der Waals surface area contributed by atoms with Crippen LogP contribution < -0.4 is 4.74 Å². The Bertz CT molecular complexity index is 214. The number of hydrogen-bond acceptors (Lipinski definition) is 3. The van der Waals surface area contributed by atoms with Crippen LogP contribution in [0.15, 0.2) is 22.8 Å². The van der Waals surface area contributed by atoms with Gasteiger partial charge in [0.05, 0.1) is 19.5 Å². The molecule has 0 aromatic carbocycles. The second kappa shape index (κ2) is 3.63. The minimum atomic E-state index is -0.215. The molecule has 0 unspecified atom stereocenters. The summed E-state index contributed by atoms with van der Waals surface area (Å²) in [6.07, 6.45) is 1.56. The monoisotopic (exact) mass is 170 g/mol. The highest BCUT2D eigenvalue weighted by Crippen LogP contribution is 2.17. The molecule has 0 spiro atoms. The van der Waals surface area contributed by atoms with Crippen LogP contribution in [0.4, 0.5) is 0 Å². The number of hydrogen-bond donors (Lipinski definition) is 1. The van der Waals surface area contributed by atoms with Gasteiger partial charge in [-0.25, -0.2) is 0 Å². The van der Waals surface area contributed by atoms with Gasteiger partial charge in [0.25, 0.3) is 5.95 Å². The molecule has 0 bridgehead atoms. The van der Waals surface area contributed by atoms with Crippen molar-refractivity contribution >= 4 is 0 Å². The van der Waals surface area contributed by atoms with Crippen LogP contribution in [0.5, 0.6) is 5.95 Å². The summed E-state index contributed by atoms with van der Waals surface area (Å²) in [5.74, 6) is 0.497. The number of aliphatic hydroxyl groups is 1. The molecule has 68 valence electrons. The Kier molecular flexibility index (Phi) is 2.76. The maximum atomic E-state index is 8.91. The average Bonchev–Trinajstić information content (AvgIpc) is 2.53. The first kappa shape index (κ1) is 9.13. The minimum Gasteiger partial charge on any atom is -0.465 e. The quantitative estimate of drug-likeness (QED) is 0.747. The zero-order valence-electron chi connectivity index (χ0n) is 7.41. The van der Waals surface area contributed by atoms with Gasteiger partial charge in [0.1, 0.15) is 0 Å². The van der Waals surface area contributed by atoms with E-state index in [9.17, 15) is 0 Å². The lowest BCUT2D eigenvalue weighted by atomic mass is 9.97. The van der Waals surface area contributed by atoms with Gasteiger partial charge in [-0.05, 0) is 6.07 Å². The van der Waals surface area contributed by atoms with Crippen molar-refractivity contribution in [2.45, 2.75) is 13.8 Å². The summed E-state index contributed by atoms with van der Waals surface area (Å²) < 4.78 is 10.2. The molecule has 0 saturated carbocycles. The SMILES string of the molecule is CC(C)(CO)COc1ccco1. The van der Waals surface area contributed by atoms with Gasteiger partial charge in [-0.1, -0.05) is 13.8 Å². The molecule has 0 aliphatic rings. The molecular weight excluding hydrogens is 156 g/mol. The summed E-state index contributed by atoms with van der Waals surface area (Å²) in [6, 6.07) is 3.51. The molecule has 0 amide bonds. The molecule has 1 rings (SSSR count). The molecule has 3 heteroatoms. The first-order chi connectivity index (χ1) is 5.64. The maximum Gasteiger partial charge on any atom is 0.284 e. The molecule has 0 radical (unpaired) electrons. The van der Waals surface area contributed by atoms with Crippen molar-refractivity contribution in [2.24, 2.45) is 5.41 Å². The van der Waals surface area contributed by atoms with E-state index >= 15 is 0 Å². The third-order valence-corrected chi connectivity index (χ3v) is 1.53. The summed E-state index contributed by atoms with van der Waals surface area (Å²) in [7, 11) is 0. The third kappa shape index (κ3) is 2.58. The van der Waals surface area contributed by atoms with Crippen molar-refractivity contribution in [3.05, 3.63) is 18.4 Å². The Balaban J connectivity index is 2.36. The van der Waals surface area contributed by atoms with Crippen molar-refractivity contribution in [1.29, 1.82) is 0 Å². The van der Waals surface area contributed by atoms with Gasteiger partial charge >= 0.3 is 0 Å². The van der Waals surface area contributed by atoms with Crippen molar-refractivity contribution in [1.82, 2.24) is 0 Å². The van der Waals surface area contributed by atoms with Gasteiger partial charge in [-0.3, -0.25) is 0 Å². The fraction of sp³-hybridized carbons (Fsp3) is 0.556.